The molecule has 27 heavy (non-hydrogen) atoms. The van der Waals surface area contributed by atoms with Crippen LogP contribution in [0.5, 0.6) is 5.88 Å². The predicted octanol–water partition coefficient (Wildman–Crippen LogP) is 1.69. The lowest BCUT2D eigenvalue weighted by Crippen LogP contribution is -2.46. The molecule has 2 heterocycles. The van der Waals surface area contributed by atoms with Crippen molar-refractivity contribution in [2.45, 2.75) is 19.4 Å². The SMILES string of the molecule is CN=C(NCc1cccnc1OCCOC)N1CCC(C(=O)OC)CC1.I. The molecule has 1 saturated heterocycles. The van der Waals surface area contributed by atoms with E-state index in [2.05, 4.69) is 20.2 Å². The Morgan fingerprint density at radius 2 is 2.07 bits per heavy atom. The van der Waals surface area contributed by atoms with Gasteiger partial charge in [0.15, 0.2) is 5.96 Å². The number of nitrogens with one attached hydrogen (secondary N) is 1. The number of piperidine rings is 1. The van der Waals surface area contributed by atoms with Crippen molar-refractivity contribution in [2.75, 3.05) is 47.6 Å². The lowest BCUT2D eigenvalue weighted by Gasteiger charge is -2.33. The fourth-order valence-electron chi connectivity index (χ4n) is 2.91. The molecular formula is C18H29IN4O4. The number of hydrogen-bond acceptors (Lipinski definition) is 6. The molecule has 8 nitrogen and oxygen atoms in total. The summed E-state index contributed by atoms with van der Waals surface area (Å²) in [5, 5.41) is 3.35. The number of rotatable bonds is 7. The lowest BCUT2D eigenvalue weighted by molar-refractivity contribution is -0.146. The van der Waals surface area contributed by atoms with Crippen LogP contribution in [0.4, 0.5) is 0 Å². The zero-order valence-corrected chi connectivity index (χ0v) is 18.5. The molecule has 0 aliphatic carbocycles. The minimum atomic E-state index is -0.124. The van der Waals surface area contributed by atoms with Gasteiger partial charge >= 0.3 is 5.97 Å². The van der Waals surface area contributed by atoms with Crippen molar-refractivity contribution in [1.29, 1.82) is 0 Å². The molecule has 0 bridgehead atoms. The molecule has 0 atom stereocenters. The van der Waals surface area contributed by atoms with E-state index in [1.54, 1.807) is 20.4 Å². The van der Waals surface area contributed by atoms with Gasteiger partial charge in [0.25, 0.3) is 0 Å². The van der Waals surface area contributed by atoms with Crippen molar-refractivity contribution in [2.24, 2.45) is 10.9 Å². The average molecular weight is 492 g/mol. The summed E-state index contributed by atoms with van der Waals surface area (Å²) in [5.74, 6) is 1.26. The molecule has 1 aliphatic heterocycles. The molecule has 152 valence electrons. The Kier molecular flexibility index (Phi) is 11.0. The summed E-state index contributed by atoms with van der Waals surface area (Å²) in [6, 6.07) is 3.85. The van der Waals surface area contributed by atoms with Crippen LogP contribution in [0.1, 0.15) is 18.4 Å². The van der Waals surface area contributed by atoms with Crippen LogP contribution in [0, 0.1) is 5.92 Å². The first-order valence-electron chi connectivity index (χ1n) is 8.78. The van der Waals surface area contributed by atoms with Crippen LogP contribution in [0.15, 0.2) is 23.3 Å². The van der Waals surface area contributed by atoms with Crippen LogP contribution in [-0.4, -0.2) is 69.4 Å². The highest BCUT2D eigenvalue weighted by atomic mass is 127. The summed E-state index contributed by atoms with van der Waals surface area (Å²) in [7, 11) is 4.83. The quantitative estimate of drug-likeness (QED) is 0.204. The average Bonchev–Trinajstić information content (AvgIpc) is 2.69. The fraction of sp³-hybridized carbons (Fsp3) is 0.611. The molecule has 0 amide bonds. The minimum Gasteiger partial charge on any atom is -0.475 e. The number of guanidine groups is 1. The minimum absolute atomic E-state index is 0. The first kappa shape index (κ1) is 23.4. The molecule has 0 unspecified atom stereocenters. The van der Waals surface area contributed by atoms with Gasteiger partial charge in [0, 0.05) is 45.6 Å². The number of carbonyl (C=O) groups is 1. The van der Waals surface area contributed by atoms with Crippen molar-refractivity contribution in [3.63, 3.8) is 0 Å². The van der Waals surface area contributed by atoms with E-state index in [9.17, 15) is 4.79 Å². The van der Waals surface area contributed by atoms with Crippen molar-refractivity contribution in [3.8, 4) is 5.88 Å². The lowest BCUT2D eigenvalue weighted by atomic mass is 9.97. The molecule has 0 aromatic carbocycles. The van der Waals surface area contributed by atoms with Crippen LogP contribution < -0.4 is 10.1 Å². The third-order valence-corrected chi connectivity index (χ3v) is 4.35. The van der Waals surface area contributed by atoms with E-state index in [0.29, 0.717) is 25.6 Å². The maximum Gasteiger partial charge on any atom is 0.308 e. The zero-order valence-electron chi connectivity index (χ0n) is 16.1. The number of ether oxygens (including phenoxy) is 3. The maximum atomic E-state index is 11.7. The van der Waals surface area contributed by atoms with Gasteiger partial charge in [0.05, 0.1) is 19.6 Å². The summed E-state index contributed by atoms with van der Waals surface area (Å²) in [5.41, 5.74) is 0.953. The summed E-state index contributed by atoms with van der Waals surface area (Å²) >= 11 is 0. The molecule has 0 radical (unpaired) electrons. The van der Waals surface area contributed by atoms with E-state index >= 15 is 0 Å². The van der Waals surface area contributed by atoms with Gasteiger partial charge in [-0.15, -0.1) is 24.0 Å². The number of esters is 1. The van der Waals surface area contributed by atoms with Gasteiger partial charge in [0.2, 0.25) is 5.88 Å². The second-order valence-corrected chi connectivity index (χ2v) is 5.99. The Morgan fingerprint density at radius 3 is 2.70 bits per heavy atom. The number of nitrogens with zero attached hydrogens (tertiary/aromatic N) is 3. The first-order chi connectivity index (χ1) is 12.7. The number of carbonyl (C=O) groups excluding carboxylic acids is 1. The number of hydrogen-bond donors (Lipinski definition) is 1. The van der Waals surface area contributed by atoms with Gasteiger partial charge in [0.1, 0.15) is 6.61 Å². The van der Waals surface area contributed by atoms with Crippen molar-refractivity contribution >= 4 is 35.9 Å². The molecule has 2 rings (SSSR count). The van der Waals surface area contributed by atoms with Gasteiger partial charge in [-0.05, 0) is 18.9 Å². The predicted molar refractivity (Wildman–Crippen MR) is 114 cm³/mol. The smallest absolute Gasteiger partial charge is 0.308 e. The number of aliphatic imine (C=N–C) groups is 1. The van der Waals surface area contributed by atoms with Crippen molar-refractivity contribution < 1.29 is 19.0 Å². The van der Waals surface area contributed by atoms with Crippen LogP contribution >= 0.6 is 24.0 Å². The molecule has 9 heteroatoms. The van der Waals surface area contributed by atoms with E-state index in [1.165, 1.54) is 7.11 Å². The van der Waals surface area contributed by atoms with E-state index in [0.717, 1.165) is 37.5 Å². The molecule has 1 aliphatic rings. The van der Waals surface area contributed by atoms with E-state index in [-0.39, 0.29) is 35.9 Å². The topological polar surface area (TPSA) is 85.3 Å². The maximum absolute atomic E-state index is 11.7. The molecule has 1 aromatic rings. The number of likely N-dealkylation sites (tertiary alicyclic amines) is 1. The molecule has 1 N–H and O–H groups in total. The Morgan fingerprint density at radius 1 is 1.33 bits per heavy atom. The van der Waals surface area contributed by atoms with Gasteiger partial charge < -0.3 is 24.4 Å². The van der Waals surface area contributed by atoms with Crippen LogP contribution in [0.2, 0.25) is 0 Å². The Hall–Kier alpha value is -1.62. The van der Waals surface area contributed by atoms with Crippen molar-refractivity contribution in [1.82, 2.24) is 15.2 Å². The standard InChI is InChI=1S/C18H28N4O4.HI/c1-19-18(22-9-6-14(7-10-22)17(23)25-3)21-13-15-5-4-8-20-16(15)26-12-11-24-2;/h4-5,8,14H,6-7,9-13H2,1-3H3,(H,19,21);1H. The Bertz CT molecular complexity index is 607. The third kappa shape index (κ3) is 7.13. The Labute approximate surface area is 177 Å². The largest absolute Gasteiger partial charge is 0.475 e. The van der Waals surface area contributed by atoms with Gasteiger partial charge in [-0.1, -0.05) is 6.07 Å². The second kappa shape index (κ2) is 12.7. The fourth-order valence-corrected chi connectivity index (χ4v) is 2.91. The summed E-state index contributed by atoms with van der Waals surface area (Å²) in [4.78, 5) is 22.4. The summed E-state index contributed by atoms with van der Waals surface area (Å²) < 4.78 is 15.5. The Balaban J connectivity index is 0.00000364. The number of aromatic nitrogens is 1. The van der Waals surface area contributed by atoms with Crippen molar-refractivity contribution in [3.05, 3.63) is 23.9 Å². The number of pyridine rings is 1. The molecule has 1 aromatic heterocycles. The highest BCUT2D eigenvalue weighted by Crippen LogP contribution is 2.19. The van der Waals surface area contributed by atoms with E-state index in [1.807, 2.05) is 12.1 Å². The molecule has 1 fully saturated rings. The van der Waals surface area contributed by atoms with E-state index in [4.69, 9.17) is 14.2 Å². The number of methoxy groups -OCH3 is 2. The molecule has 0 saturated carbocycles. The highest BCUT2D eigenvalue weighted by Gasteiger charge is 2.27. The molecular weight excluding hydrogens is 463 g/mol. The zero-order chi connectivity index (χ0) is 18.8. The van der Waals surface area contributed by atoms with Crippen LogP contribution in [0.25, 0.3) is 0 Å². The molecule has 0 spiro atoms. The number of halogens is 1. The van der Waals surface area contributed by atoms with Gasteiger partial charge in [-0.3, -0.25) is 9.79 Å². The van der Waals surface area contributed by atoms with E-state index < -0.39 is 0 Å². The summed E-state index contributed by atoms with van der Waals surface area (Å²) in [6.45, 7) is 3.06. The van der Waals surface area contributed by atoms with Gasteiger partial charge in [-0.2, -0.15) is 0 Å². The monoisotopic (exact) mass is 492 g/mol. The van der Waals surface area contributed by atoms with Crippen LogP contribution in [0.3, 0.4) is 0 Å². The highest BCUT2D eigenvalue weighted by molar-refractivity contribution is 14.0. The van der Waals surface area contributed by atoms with Crippen LogP contribution in [-0.2, 0) is 20.8 Å². The second-order valence-electron chi connectivity index (χ2n) is 5.99. The summed E-state index contributed by atoms with van der Waals surface area (Å²) in [6.07, 6.45) is 3.25. The van der Waals surface area contributed by atoms with Gasteiger partial charge in [-0.25, -0.2) is 4.98 Å². The third-order valence-electron chi connectivity index (χ3n) is 4.35. The normalized spacial score (nSPS) is 15.1. The first-order valence-corrected chi connectivity index (χ1v) is 8.78.